The lowest BCUT2D eigenvalue weighted by Gasteiger charge is -2.26. The van der Waals surface area contributed by atoms with Crippen molar-refractivity contribution in [3.63, 3.8) is 0 Å². The molecule has 0 saturated heterocycles. The van der Waals surface area contributed by atoms with Crippen molar-refractivity contribution in [3.05, 3.63) is 29.3 Å². The number of amides is 1. The molecule has 1 amide bonds. The maximum atomic E-state index is 12.3. The van der Waals surface area contributed by atoms with Crippen molar-refractivity contribution in [2.45, 2.75) is 36.7 Å². The van der Waals surface area contributed by atoms with Crippen molar-refractivity contribution in [1.29, 1.82) is 0 Å². The van der Waals surface area contributed by atoms with Crippen LogP contribution in [-0.4, -0.2) is 48.1 Å². The summed E-state index contributed by atoms with van der Waals surface area (Å²) >= 11 is 5.71. The van der Waals surface area contributed by atoms with Crippen LogP contribution in [0.5, 0.6) is 0 Å². The van der Waals surface area contributed by atoms with Crippen molar-refractivity contribution in [2.75, 3.05) is 5.75 Å². The summed E-state index contributed by atoms with van der Waals surface area (Å²) in [6.45, 7) is 1.38. The van der Waals surface area contributed by atoms with E-state index in [0.29, 0.717) is 17.9 Å². The number of carboxylic acid groups (broad SMARTS) is 1. The van der Waals surface area contributed by atoms with Gasteiger partial charge in [-0.3, -0.25) is 4.79 Å². The molecule has 1 aromatic carbocycles. The minimum atomic E-state index is -3.83. The molecule has 0 aliphatic heterocycles. The van der Waals surface area contributed by atoms with Gasteiger partial charge < -0.3 is 10.0 Å². The van der Waals surface area contributed by atoms with Crippen LogP contribution in [0.3, 0.4) is 0 Å². The van der Waals surface area contributed by atoms with Crippen LogP contribution in [0.2, 0.25) is 5.02 Å². The van der Waals surface area contributed by atoms with Gasteiger partial charge in [0.25, 0.3) is 0 Å². The Morgan fingerprint density at radius 1 is 1.32 bits per heavy atom. The lowest BCUT2D eigenvalue weighted by Crippen LogP contribution is -2.47. The molecule has 1 atom stereocenters. The first-order chi connectivity index (χ1) is 10.2. The average molecular weight is 346 g/mol. The molecule has 22 heavy (non-hydrogen) atoms. The summed E-state index contributed by atoms with van der Waals surface area (Å²) in [7, 11) is -3.83. The van der Waals surface area contributed by atoms with E-state index in [4.69, 9.17) is 16.7 Å². The van der Waals surface area contributed by atoms with Gasteiger partial charge >= 0.3 is 5.97 Å². The Morgan fingerprint density at radius 3 is 2.32 bits per heavy atom. The van der Waals surface area contributed by atoms with E-state index in [9.17, 15) is 18.0 Å². The number of nitrogens with zero attached hydrogens (tertiary/aromatic N) is 1. The van der Waals surface area contributed by atoms with Crippen molar-refractivity contribution >= 4 is 33.3 Å². The minimum Gasteiger partial charge on any atom is -0.480 e. The fraction of sp³-hybridized carbons (Fsp3) is 0.429. The predicted molar refractivity (Wildman–Crippen MR) is 80.5 cm³/mol. The molecular weight excluding hydrogens is 330 g/mol. The third-order valence-corrected chi connectivity index (χ3v) is 5.36. The smallest absolute Gasteiger partial charge is 0.326 e. The standard InChI is InChI=1S/C14H16ClNO5S/c1-9(14(18)19)16(11-4-5-11)13(17)8-22(20,21)12-6-2-10(15)3-7-12/h2-3,6-7,9,11H,4-5,8H2,1H3,(H,18,19). The van der Waals surface area contributed by atoms with Gasteiger partial charge in [-0.1, -0.05) is 11.6 Å². The van der Waals surface area contributed by atoms with Crippen LogP contribution in [0.15, 0.2) is 29.2 Å². The largest absolute Gasteiger partial charge is 0.480 e. The number of rotatable bonds is 6. The maximum absolute atomic E-state index is 12.3. The van der Waals surface area contributed by atoms with Gasteiger partial charge in [-0.05, 0) is 44.0 Å². The molecular formula is C14H16ClNO5S. The van der Waals surface area contributed by atoms with Crippen LogP contribution in [0.4, 0.5) is 0 Å². The van der Waals surface area contributed by atoms with Gasteiger partial charge in [-0.25, -0.2) is 13.2 Å². The number of benzene rings is 1. The SMILES string of the molecule is CC(C(=O)O)N(C(=O)CS(=O)(=O)c1ccc(Cl)cc1)C1CC1. The third kappa shape index (κ3) is 3.78. The number of carbonyl (C=O) groups is 2. The Balaban J connectivity index is 2.18. The Morgan fingerprint density at radius 2 is 1.86 bits per heavy atom. The highest BCUT2D eigenvalue weighted by atomic mass is 35.5. The zero-order valence-electron chi connectivity index (χ0n) is 11.9. The van der Waals surface area contributed by atoms with Crippen LogP contribution < -0.4 is 0 Å². The monoisotopic (exact) mass is 345 g/mol. The Hall–Kier alpha value is -1.60. The second kappa shape index (κ2) is 6.26. The highest BCUT2D eigenvalue weighted by Crippen LogP contribution is 2.29. The lowest BCUT2D eigenvalue weighted by molar-refractivity contribution is -0.149. The molecule has 0 radical (unpaired) electrons. The lowest BCUT2D eigenvalue weighted by atomic mass is 10.2. The minimum absolute atomic E-state index is 0.0102. The fourth-order valence-corrected chi connectivity index (χ4v) is 3.49. The number of hydrogen-bond acceptors (Lipinski definition) is 4. The molecule has 1 fully saturated rings. The fourth-order valence-electron chi connectivity index (χ4n) is 2.17. The molecule has 1 N–H and O–H groups in total. The highest BCUT2D eigenvalue weighted by molar-refractivity contribution is 7.92. The number of carbonyl (C=O) groups excluding carboxylic acids is 1. The molecule has 8 heteroatoms. The number of halogens is 1. The van der Waals surface area contributed by atoms with Crippen molar-refractivity contribution in [2.24, 2.45) is 0 Å². The molecule has 120 valence electrons. The summed E-state index contributed by atoms with van der Waals surface area (Å²) < 4.78 is 24.5. The van der Waals surface area contributed by atoms with Crippen LogP contribution in [-0.2, 0) is 19.4 Å². The van der Waals surface area contributed by atoms with E-state index < -0.39 is 33.5 Å². The number of carboxylic acids is 1. The third-order valence-electron chi connectivity index (χ3n) is 3.49. The summed E-state index contributed by atoms with van der Waals surface area (Å²) in [5.74, 6) is -2.58. The molecule has 1 saturated carbocycles. The number of sulfone groups is 1. The average Bonchev–Trinajstić information content (AvgIpc) is 3.23. The Bertz CT molecular complexity index is 682. The molecule has 1 aromatic rings. The molecule has 1 aliphatic carbocycles. The summed E-state index contributed by atoms with van der Waals surface area (Å²) in [6.07, 6.45) is 1.40. The zero-order valence-corrected chi connectivity index (χ0v) is 13.5. The molecule has 1 unspecified atom stereocenters. The second-order valence-corrected chi connectivity index (χ2v) is 7.69. The molecule has 0 heterocycles. The van der Waals surface area contributed by atoms with Gasteiger partial charge in [0.2, 0.25) is 5.91 Å². The first kappa shape index (κ1) is 16.8. The van der Waals surface area contributed by atoms with E-state index in [-0.39, 0.29) is 10.9 Å². The number of aliphatic carboxylic acids is 1. The summed E-state index contributed by atoms with van der Waals surface area (Å²) in [5.41, 5.74) is 0. The van der Waals surface area contributed by atoms with E-state index in [1.165, 1.54) is 31.2 Å². The normalized spacial score (nSPS) is 16.1. The first-order valence-corrected chi connectivity index (χ1v) is 8.77. The predicted octanol–water partition coefficient (Wildman–Crippen LogP) is 1.58. The Labute approximate surface area is 133 Å². The first-order valence-electron chi connectivity index (χ1n) is 6.74. The van der Waals surface area contributed by atoms with Gasteiger partial charge in [-0.15, -0.1) is 0 Å². The summed E-state index contributed by atoms with van der Waals surface area (Å²) in [5, 5.41) is 9.46. The van der Waals surface area contributed by atoms with Crippen molar-refractivity contribution in [1.82, 2.24) is 4.90 Å². The number of hydrogen-bond donors (Lipinski definition) is 1. The Kier molecular flexibility index (Phi) is 4.77. The van der Waals surface area contributed by atoms with Crippen LogP contribution >= 0.6 is 11.6 Å². The molecule has 0 bridgehead atoms. The van der Waals surface area contributed by atoms with Crippen LogP contribution in [0, 0.1) is 0 Å². The van der Waals surface area contributed by atoms with Gasteiger partial charge in [0.05, 0.1) is 4.90 Å². The van der Waals surface area contributed by atoms with Crippen molar-refractivity contribution < 1.29 is 23.1 Å². The quantitative estimate of drug-likeness (QED) is 0.845. The van der Waals surface area contributed by atoms with Gasteiger partial charge in [0.15, 0.2) is 9.84 Å². The molecule has 2 rings (SSSR count). The second-order valence-electron chi connectivity index (χ2n) is 5.26. The molecule has 6 nitrogen and oxygen atoms in total. The van der Waals surface area contributed by atoms with Crippen LogP contribution in [0.25, 0.3) is 0 Å². The van der Waals surface area contributed by atoms with Gasteiger partial charge in [0, 0.05) is 11.1 Å². The highest BCUT2D eigenvalue weighted by Gasteiger charge is 2.39. The molecule has 0 spiro atoms. The van der Waals surface area contributed by atoms with E-state index in [1.54, 1.807) is 0 Å². The maximum Gasteiger partial charge on any atom is 0.326 e. The zero-order chi connectivity index (χ0) is 16.5. The topological polar surface area (TPSA) is 91.8 Å². The summed E-state index contributed by atoms with van der Waals surface area (Å²) in [6, 6.07) is 4.29. The molecule has 0 aromatic heterocycles. The van der Waals surface area contributed by atoms with Crippen LogP contribution in [0.1, 0.15) is 19.8 Å². The van der Waals surface area contributed by atoms with E-state index in [0.717, 1.165) is 4.90 Å². The van der Waals surface area contributed by atoms with Gasteiger partial charge in [0.1, 0.15) is 11.8 Å². The van der Waals surface area contributed by atoms with Gasteiger partial charge in [-0.2, -0.15) is 0 Å². The van der Waals surface area contributed by atoms with E-state index in [1.807, 2.05) is 0 Å². The van der Waals surface area contributed by atoms with E-state index in [2.05, 4.69) is 0 Å². The van der Waals surface area contributed by atoms with E-state index >= 15 is 0 Å². The molecule has 1 aliphatic rings. The van der Waals surface area contributed by atoms with Crippen molar-refractivity contribution in [3.8, 4) is 0 Å². The summed E-state index contributed by atoms with van der Waals surface area (Å²) in [4.78, 5) is 24.5.